The van der Waals surface area contributed by atoms with Gasteiger partial charge < -0.3 is 19.4 Å². The molecule has 0 amide bonds. The number of nitrogens with zero attached hydrogens (tertiary/aromatic N) is 2. The molecule has 8 nitrogen and oxygen atoms in total. The van der Waals surface area contributed by atoms with Crippen LogP contribution in [0.25, 0.3) is 44.4 Å². The van der Waals surface area contributed by atoms with E-state index in [0.717, 1.165) is 85.5 Å². The van der Waals surface area contributed by atoms with E-state index in [1.54, 1.807) is 0 Å². The minimum absolute atomic E-state index is 0.248. The number of hydrogen-bond acceptors (Lipinski definition) is 6. The third kappa shape index (κ3) is 4.88. The van der Waals surface area contributed by atoms with Gasteiger partial charge in [-0.2, -0.15) is 0 Å². The number of carbonyl (C=O) groups is 2. The molecule has 0 radical (unpaired) electrons. The number of aromatic amines is 2. The molecule has 2 N–H and O–H groups in total. The van der Waals surface area contributed by atoms with Crippen LogP contribution in [0, 0.1) is 13.8 Å². The molecule has 0 saturated heterocycles. The lowest BCUT2D eigenvalue weighted by molar-refractivity contribution is -0.141. The Labute approximate surface area is 251 Å². The summed E-state index contributed by atoms with van der Waals surface area (Å²) in [5, 5.41) is 0. The number of nitrogens with one attached hydrogen (secondary N) is 2. The Hall–Kier alpha value is -4.46. The summed E-state index contributed by atoms with van der Waals surface area (Å²) in [6.45, 7) is 10.6. The molecule has 2 aliphatic heterocycles. The maximum Gasteiger partial charge on any atom is 0.305 e. The lowest BCUT2D eigenvalue weighted by Crippen LogP contribution is -2.02. The fourth-order valence-electron chi connectivity index (χ4n) is 6.60. The Morgan fingerprint density at radius 2 is 1.19 bits per heavy atom. The highest BCUT2D eigenvalue weighted by atomic mass is 16.5. The lowest BCUT2D eigenvalue weighted by Gasteiger charge is -2.02. The maximum atomic E-state index is 12.2. The van der Waals surface area contributed by atoms with Gasteiger partial charge in [-0.05, 0) is 123 Å². The number of carbonyl (C=O) groups excluding carboxylic acids is 2. The summed E-state index contributed by atoms with van der Waals surface area (Å²) >= 11 is 0. The fraction of sp³-hybridized carbons (Fsp3) is 0.371. The zero-order chi connectivity index (χ0) is 30.6. The Morgan fingerprint density at radius 1 is 0.674 bits per heavy atom. The molecule has 0 fully saturated rings. The zero-order valence-corrected chi connectivity index (χ0v) is 26.0. The van der Waals surface area contributed by atoms with E-state index in [1.165, 1.54) is 36.5 Å². The van der Waals surface area contributed by atoms with Crippen LogP contribution >= 0.6 is 0 Å². The third-order valence-corrected chi connectivity index (χ3v) is 9.45. The van der Waals surface area contributed by atoms with E-state index in [4.69, 9.17) is 19.4 Å². The number of H-pyrrole nitrogens is 2. The summed E-state index contributed by atoms with van der Waals surface area (Å²) in [5.74, 6) is -0.498. The maximum absolute atomic E-state index is 12.2. The predicted octanol–water partition coefficient (Wildman–Crippen LogP) is 6.97. The minimum atomic E-state index is -0.250. The zero-order valence-electron chi connectivity index (χ0n) is 26.0. The highest BCUT2D eigenvalue weighted by Gasteiger charge is 2.29. The van der Waals surface area contributed by atoms with E-state index >= 15 is 0 Å². The Kier molecular flexibility index (Phi) is 7.32. The highest BCUT2D eigenvalue weighted by molar-refractivity contribution is 5.98. The molecule has 0 saturated carbocycles. The number of hydrogen-bond donors (Lipinski definition) is 2. The molecule has 0 atom stereocenters. The van der Waals surface area contributed by atoms with Gasteiger partial charge in [-0.15, -0.1) is 0 Å². The van der Waals surface area contributed by atoms with Crippen molar-refractivity contribution in [2.24, 2.45) is 0 Å². The van der Waals surface area contributed by atoms with Gasteiger partial charge in [0.25, 0.3) is 0 Å². The van der Waals surface area contributed by atoms with Gasteiger partial charge in [0.1, 0.15) is 0 Å². The predicted molar refractivity (Wildman–Crippen MR) is 170 cm³/mol. The second kappa shape index (κ2) is 11.0. The van der Waals surface area contributed by atoms with Crippen LogP contribution in [0.1, 0.15) is 90.6 Å². The van der Waals surface area contributed by atoms with Crippen LogP contribution < -0.4 is 0 Å². The normalized spacial score (nSPS) is 14.1. The summed E-state index contributed by atoms with van der Waals surface area (Å²) in [7, 11) is 2.83. The van der Waals surface area contributed by atoms with Crippen molar-refractivity contribution in [3.8, 4) is 0 Å². The number of esters is 2. The number of ether oxygens (including phenoxy) is 2. The van der Waals surface area contributed by atoms with E-state index in [1.807, 2.05) is 0 Å². The van der Waals surface area contributed by atoms with Crippen LogP contribution in [0.3, 0.4) is 0 Å². The molecule has 5 heterocycles. The van der Waals surface area contributed by atoms with Crippen molar-refractivity contribution in [3.63, 3.8) is 0 Å². The number of rotatable bonds is 6. The summed E-state index contributed by atoms with van der Waals surface area (Å²) in [6.07, 6.45) is 3.49. The van der Waals surface area contributed by atoms with Crippen molar-refractivity contribution >= 4 is 56.3 Å². The molecule has 3 aromatic rings. The molecule has 222 valence electrons. The number of methoxy groups -OCH3 is 2. The van der Waals surface area contributed by atoms with Crippen molar-refractivity contribution in [3.05, 3.63) is 68.8 Å². The number of aryl methyl sites for hydroxylation is 4. The van der Waals surface area contributed by atoms with E-state index < -0.39 is 0 Å². The van der Waals surface area contributed by atoms with E-state index in [0.29, 0.717) is 12.8 Å². The van der Waals surface area contributed by atoms with Crippen molar-refractivity contribution in [1.29, 1.82) is 0 Å². The molecule has 0 aromatic carbocycles. The SMILES string of the molecule is COC(=O)CCc1c(C)c2cc3nc(c4c5nc(cc6[nH]c(cc1[nH]2)c(CCC(=O)OC)c6C)C(C)=C5CC4)C(C)=C3C. The second-order valence-corrected chi connectivity index (χ2v) is 11.7. The monoisotopic (exact) mass is 578 g/mol. The molecule has 43 heavy (non-hydrogen) atoms. The Balaban J connectivity index is 1.71. The molecular weight excluding hydrogens is 540 g/mol. The van der Waals surface area contributed by atoms with Crippen LogP contribution in [-0.2, 0) is 38.3 Å². The molecule has 3 aromatic heterocycles. The Bertz CT molecular complexity index is 1940. The summed E-state index contributed by atoms with van der Waals surface area (Å²) in [4.78, 5) is 41.9. The van der Waals surface area contributed by atoms with Gasteiger partial charge in [-0.25, -0.2) is 9.97 Å². The summed E-state index contributed by atoms with van der Waals surface area (Å²) < 4.78 is 9.92. The first-order valence-electron chi connectivity index (χ1n) is 14.9. The molecule has 6 rings (SSSR count). The largest absolute Gasteiger partial charge is 0.469 e. The lowest BCUT2D eigenvalue weighted by atomic mass is 10.0. The van der Waals surface area contributed by atoms with Crippen LogP contribution in [0.15, 0.2) is 18.2 Å². The average molecular weight is 579 g/mol. The Morgan fingerprint density at radius 3 is 1.72 bits per heavy atom. The van der Waals surface area contributed by atoms with Gasteiger partial charge in [0.2, 0.25) is 0 Å². The van der Waals surface area contributed by atoms with Crippen molar-refractivity contribution in [1.82, 2.24) is 19.9 Å². The van der Waals surface area contributed by atoms with Gasteiger partial charge >= 0.3 is 11.9 Å². The van der Waals surface area contributed by atoms with Gasteiger partial charge in [-0.3, -0.25) is 9.59 Å². The van der Waals surface area contributed by atoms with Crippen LogP contribution in [0.2, 0.25) is 0 Å². The van der Waals surface area contributed by atoms with Crippen LogP contribution in [0.4, 0.5) is 0 Å². The van der Waals surface area contributed by atoms with E-state index in [2.05, 4.69) is 62.8 Å². The summed E-state index contributed by atoms with van der Waals surface area (Å²) in [6, 6.07) is 6.35. The molecule has 1 aliphatic carbocycles. The number of allylic oxidation sites excluding steroid dienone is 4. The molecule has 8 heteroatoms. The van der Waals surface area contributed by atoms with E-state index in [-0.39, 0.29) is 24.8 Å². The van der Waals surface area contributed by atoms with Gasteiger partial charge in [0.15, 0.2) is 0 Å². The molecular formula is C35H38N4O4. The number of fused-ring (bicyclic) bond motifs is 8. The molecule has 3 aliphatic rings. The quantitative estimate of drug-likeness (QED) is 0.306. The van der Waals surface area contributed by atoms with Gasteiger partial charge in [-0.1, -0.05) is 0 Å². The standard InChI is InChI=1S/C35H38N4O4/c1-17-18(2)34-25-9-8-24-21(5)29(39-35(24)25)15-28-20(4)23(11-13-33(41)43-7)31(37-28)16-30-22(10-12-32(40)42-6)19(3)27(36-30)14-26(17)38-34/h14-16,36-37H,8-13H2,1-7H3. The topological polar surface area (TPSA) is 110 Å². The first kappa shape index (κ1) is 28.6. The summed E-state index contributed by atoms with van der Waals surface area (Å²) in [5.41, 5.74) is 18.0. The molecule has 0 unspecified atom stereocenters. The fourth-order valence-corrected chi connectivity index (χ4v) is 6.60. The van der Waals surface area contributed by atoms with Crippen LogP contribution in [-0.4, -0.2) is 46.1 Å². The first-order valence-corrected chi connectivity index (χ1v) is 14.9. The third-order valence-electron chi connectivity index (χ3n) is 9.45. The van der Waals surface area contributed by atoms with Crippen molar-refractivity contribution < 1.29 is 19.1 Å². The van der Waals surface area contributed by atoms with E-state index in [9.17, 15) is 9.59 Å². The molecule has 0 spiro atoms. The second-order valence-electron chi connectivity index (χ2n) is 11.7. The highest BCUT2D eigenvalue weighted by Crippen LogP contribution is 2.43. The smallest absolute Gasteiger partial charge is 0.305 e. The van der Waals surface area contributed by atoms with Gasteiger partial charge in [0.05, 0.1) is 37.0 Å². The van der Waals surface area contributed by atoms with Gasteiger partial charge in [0, 0.05) is 40.5 Å². The number of aromatic nitrogens is 4. The minimum Gasteiger partial charge on any atom is -0.469 e. The van der Waals surface area contributed by atoms with Crippen LogP contribution in [0.5, 0.6) is 0 Å². The average Bonchev–Trinajstić information content (AvgIpc) is 3.75. The van der Waals surface area contributed by atoms with Crippen molar-refractivity contribution in [2.75, 3.05) is 14.2 Å². The first-order chi connectivity index (χ1) is 20.6. The molecule has 8 bridgehead atoms. The van der Waals surface area contributed by atoms with Crippen molar-refractivity contribution in [2.45, 2.75) is 73.1 Å².